The summed E-state index contributed by atoms with van der Waals surface area (Å²) in [4.78, 5) is 3.69. The highest BCUT2D eigenvalue weighted by molar-refractivity contribution is 7.99. The van der Waals surface area contributed by atoms with E-state index < -0.39 is 0 Å². The Kier molecular flexibility index (Phi) is 5.39. The third-order valence-electron chi connectivity index (χ3n) is 5.64. The van der Waals surface area contributed by atoms with Crippen LogP contribution in [0.4, 0.5) is 5.69 Å². The van der Waals surface area contributed by atoms with Crippen molar-refractivity contribution in [1.29, 1.82) is 0 Å². The third kappa shape index (κ3) is 3.84. The molecule has 1 saturated heterocycles. The SMILES string of the molecule is COc1ccc2c(c1)SC(c1cc3c(cc1Cl)OCO3)CCN2CC1CCNN1. The van der Waals surface area contributed by atoms with Crippen molar-refractivity contribution in [2.45, 2.75) is 29.0 Å². The van der Waals surface area contributed by atoms with Crippen LogP contribution in [0.25, 0.3) is 0 Å². The van der Waals surface area contributed by atoms with E-state index in [0.717, 1.165) is 60.3 Å². The third-order valence-corrected chi connectivity index (χ3v) is 7.32. The second-order valence-corrected chi connectivity index (χ2v) is 9.11. The largest absolute Gasteiger partial charge is 0.497 e. The fourth-order valence-electron chi connectivity index (χ4n) is 4.11. The first-order valence-electron chi connectivity index (χ1n) is 9.88. The summed E-state index contributed by atoms with van der Waals surface area (Å²) in [5.74, 6) is 2.37. The number of halogens is 1. The Balaban J connectivity index is 1.48. The summed E-state index contributed by atoms with van der Waals surface area (Å²) >= 11 is 8.49. The number of hydrogen-bond acceptors (Lipinski definition) is 7. The molecule has 8 heteroatoms. The average molecular weight is 434 g/mol. The van der Waals surface area contributed by atoms with Crippen LogP contribution >= 0.6 is 23.4 Å². The maximum absolute atomic E-state index is 6.65. The summed E-state index contributed by atoms with van der Waals surface area (Å²) in [5, 5.41) is 0.953. The van der Waals surface area contributed by atoms with Crippen LogP contribution in [0.2, 0.25) is 5.02 Å². The van der Waals surface area contributed by atoms with Crippen LogP contribution in [-0.4, -0.2) is 39.6 Å². The van der Waals surface area contributed by atoms with Crippen molar-refractivity contribution in [2.24, 2.45) is 0 Å². The first-order valence-corrected chi connectivity index (χ1v) is 11.1. The molecule has 2 aromatic carbocycles. The Morgan fingerprint density at radius 1 is 1.21 bits per heavy atom. The molecule has 2 unspecified atom stereocenters. The number of benzene rings is 2. The molecule has 3 aliphatic heterocycles. The number of ether oxygens (including phenoxy) is 3. The second kappa shape index (κ2) is 8.14. The topological polar surface area (TPSA) is 55.0 Å². The molecule has 2 aromatic rings. The highest BCUT2D eigenvalue weighted by Gasteiger charge is 2.29. The Morgan fingerprint density at radius 3 is 2.86 bits per heavy atom. The summed E-state index contributed by atoms with van der Waals surface area (Å²) in [6, 6.07) is 10.7. The minimum atomic E-state index is 0.225. The van der Waals surface area contributed by atoms with Gasteiger partial charge in [-0.3, -0.25) is 10.9 Å². The molecule has 0 bridgehead atoms. The lowest BCUT2D eigenvalue weighted by molar-refractivity contribution is 0.174. The first-order chi connectivity index (χ1) is 14.2. The van der Waals surface area contributed by atoms with Gasteiger partial charge < -0.3 is 19.1 Å². The number of hydrogen-bond donors (Lipinski definition) is 2. The lowest BCUT2D eigenvalue weighted by atomic mass is 10.1. The smallest absolute Gasteiger partial charge is 0.231 e. The molecule has 154 valence electrons. The van der Waals surface area contributed by atoms with Crippen LogP contribution in [-0.2, 0) is 0 Å². The molecule has 1 fully saturated rings. The molecular weight excluding hydrogens is 410 g/mol. The molecule has 2 atom stereocenters. The van der Waals surface area contributed by atoms with Crippen LogP contribution in [0.15, 0.2) is 35.2 Å². The van der Waals surface area contributed by atoms with Crippen LogP contribution in [0.5, 0.6) is 17.2 Å². The van der Waals surface area contributed by atoms with Gasteiger partial charge in [-0.15, -0.1) is 11.8 Å². The average Bonchev–Trinajstić information content (AvgIpc) is 3.37. The molecule has 29 heavy (non-hydrogen) atoms. The minimum absolute atomic E-state index is 0.225. The van der Waals surface area contributed by atoms with Gasteiger partial charge in [-0.2, -0.15) is 0 Å². The number of nitrogens with one attached hydrogen (secondary N) is 2. The number of nitrogens with zero attached hydrogens (tertiary/aromatic N) is 1. The summed E-state index contributed by atoms with van der Waals surface area (Å²) < 4.78 is 16.6. The predicted octanol–water partition coefficient (Wildman–Crippen LogP) is 3.99. The summed E-state index contributed by atoms with van der Waals surface area (Å²) in [5.41, 5.74) is 8.97. The van der Waals surface area contributed by atoms with E-state index in [2.05, 4.69) is 27.9 Å². The van der Waals surface area contributed by atoms with Crippen molar-refractivity contribution < 1.29 is 14.2 Å². The van der Waals surface area contributed by atoms with Crippen molar-refractivity contribution >= 4 is 29.1 Å². The molecule has 0 aliphatic carbocycles. The zero-order chi connectivity index (χ0) is 19.8. The molecule has 0 spiro atoms. The van der Waals surface area contributed by atoms with E-state index in [1.807, 2.05) is 30.0 Å². The number of methoxy groups -OCH3 is 1. The Morgan fingerprint density at radius 2 is 2.07 bits per heavy atom. The van der Waals surface area contributed by atoms with Crippen LogP contribution in [0, 0.1) is 0 Å². The van der Waals surface area contributed by atoms with Crippen LogP contribution < -0.4 is 30.0 Å². The quantitative estimate of drug-likeness (QED) is 0.756. The zero-order valence-corrected chi connectivity index (χ0v) is 17.8. The number of hydrazine groups is 1. The van der Waals surface area contributed by atoms with E-state index in [0.29, 0.717) is 6.04 Å². The normalized spacial score (nSPS) is 23.0. The van der Waals surface area contributed by atoms with Gasteiger partial charge in [-0.25, -0.2) is 0 Å². The predicted molar refractivity (Wildman–Crippen MR) is 116 cm³/mol. The van der Waals surface area contributed by atoms with Crippen molar-refractivity contribution in [3.05, 3.63) is 40.9 Å². The lowest BCUT2D eigenvalue weighted by Gasteiger charge is -2.27. The van der Waals surface area contributed by atoms with Gasteiger partial charge in [-0.1, -0.05) is 11.6 Å². The molecule has 0 radical (unpaired) electrons. The first kappa shape index (κ1) is 19.2. The fourth-order valence-corrected chi connectivity index (χ4v) is 5.81. The maximum atomic E-state index is 6.65. The van der Waals surface area contributed by atoms with Crippen molar-refractivity contribution in [3.63, 3.8) is 0 Å². The van der Waals surface area contributed by atoms with E-state index in [4.69, 9.17) is 25.8 Å². The molecular formula is C21H24ClN3O3S. The van der Waals surface area contributed by atoms with Crippen molar-refractivity contribution in [3.8, 4) is 17.2 Å². The van der Waals surface area contributed by atoms with Gasteiger partial charge in [0, 0.05) is 46.9 Å². The van der Waals surface area contributed by atoms with E-state index in [1.54, 1.807) is 7.11 Å². The maximum Gasteiger partial charge on any atom is 0.231 e. The summed E-state index contributed by atoms with van der Waals surface area (Å²) in [6.07, 6.45) is 2.12. The number of anilines is 1. The van der Waals surface area contributed by atoms with Gasteiger partial charge in [0.15, 0.2) is 11.5 Å². The van der Waals surface area contributed by atoms with E-state index in [-0.39, 0.29) is 12.0 Å². The van der Waals surface area contributed by atoms with Gasteiger partial charge in [0.1, 0.15) is 5.75 Å². The molecule has 2 N–H and O–H groups in total. The Bertz CT molecular complexity index is 907. The lowest BCUT2D eigenvalue weighted by Crippen LogP contribution is -2.40. The summed E-state index contributed by atoms with van der Waals surface area (Å²) in [7, 11) is 1.71. The number of thioether (sulfide) groups is 1. The Labute approximate surface area is 179 Å². The van der Waals surface area contributed by atoms with Gasteiger partial charge in [0.05, 0.1) is 12.8 Å². The van der Waals surface area contributed by atoms with Crippen LogP contribution in [0.1, 0.15) is 23.7 Å². The second-order valence-electron chi connectivity index (χ2n) is 7.46. The zero-order valence-electron chi connectivity index (χ0n) is 16.2. The van der Waals surface area contributed by atoms with E-state index >= 15 is 0 Å². The Hall–Kier alpha value is -1.80. The highest BCUT2D eigenvalue weighted by atomic mass is 35.5. The van der Waals surface area contributed by atoms with Crippen molar-refractivity contribution in [1.82, 2.24) is 10.9 Å². The molecule has 5 rings (SSSR count). The van der Waals surface area contributed by atoms with Gasteiger partial charge in [-0.05, 0) is 42.7 Å². The van der Waals surface area contributed by atoms with Crippen molar-refractivity contribution in [2.75, 3.05) is 38.4 Å². The molecule has 0 amide bonds. The van der Waals surface area contributed by atoms with E-state index in [9.17, 15) is 0 Å². The molecule has 3 heterocycles. The molecule has 0 saturated carbocycles. The standard InChI is InChI=1S/C21H24ClN3O3S/c1-26-14-2-3-17-21(8-14)29-20(5-7-25(17)11-13-4-6-23-24-13)15-9-18-19(10-16(15)22)28-12-27-18/h2-3,8-10,13,20,23-24H,4-7,11-12H2,1H3. The van der Waals surface area contributed by atoms with E-state index in [1.165, 1.54) is 10.6 Å². The fraction of sp³-hybridized carbons (Fsp3) is 0.429. The molecule has 3 aliphatic rings. The monoisotopic (exact) mass is 433 g/mol. The summed E-state index contributed by atoms with van der Waals surface area (Å²) in [6.45, 7) is 3.19. The van der Waals surface area contributed by atoms with Gasteiger partial charge in [0.2, 0.25) is 6.79 Å². The molecule has 0 aromatic heterocycles. The minimum Gasteiger partial charge on any atom is -0.497 e. The highest BCUT2D eigenvalue weighted by Crippen LogP contribution is 2.50. The number of rotatable bonds is 4. The number of fused-ring (bicyclic) bond motifs is 2. The van der Waals surface area contributed by atoms with Gasteiger partial charge in [0.25, 0.3) is 0 Å². The molecule has 6 nitrogen and oxygen atoms in total. The van der Waals surface area contributed by atoms with Crippen LogP contribution in [0.3, 0.4) is 0 Å². The van der Waals surface area contributed by atoms with Gasteiger partial charge >= 0.3 is 0 Å².